The molecule has 0 bridgehead atoms. The third-order valence-corrected chi connectivity index (χ3v) is 5.18. The summed E-state index contributed by atoms with van der Waals surface area (Å²) in [5.74, 6) is 0.998. The molecule has 0 aliphatic carbocycles. The number of amides is 1. The van der Waals surface area contributed by atoms with E-state index in [0.717, 1.165) is 27.0 Å². The number of nitrogens with one attached hydrogen (secondary N) is 1. The second-order valence-corrected chi connectivity index (χ2v) is 7.56. The van der Waals surface area contributed by atoms with Crippen molar-refractivity contribution in [3.05, 3.63) is 70.2 Å². The first-order chi connectivity index (χ1) is 14.5. The van der Waals surface area contributed by atoms with Crippen molar-refractivity contribution in [2.75, 3.05) is 19.5 Å². The SMILES string of the molecule is COc1ccc(-n2nc3cc(C)c(NC(=O)c4cc(Br)ccc4OC)cc3n2)cc1. The lowest BCUT2D eigenvalue weighted by Crippen LogP contribution is -2.14. The van der Waals surface area contributed by atoms with E-state index in [4.69, 9.17) is 9.47 Å². The Morgan fingerprint density at radius 1 is 0.967 bits per heavy atom. The fourth-order valence-corrected chi connectivity index (χ4v) is 3.44. The van der Waals surface area contributed by atoms with Gasteiger partial charge in [0.15, 0.2) is 0 Å². The number of methoxy groups -OCH3 is 2. The van der Waals surface area contributed by atoms with E-state index < -0.39 is 0 Å². The molecule has 0 atom stereocenters. The molecule has 1 amide bonds. The highest BCUT2D eigenvalue weighted by Crippen LogP contribution is 2.27. The van der Waals surface area contributed by atoms with E-state index in [0.29, 0.717) is 22.5 Å². The van der Waals surface area contributed by atoms with Gasteiger partial charge in [0.25, 0.3) is 5.91 Å². The van der Waals surface area contributed by atoms with Gasteiger partial charge in [0.2, 0.25) is 0 Å². The van der Waals surface area contributed by atoms with Gasteiger partial charge in [0.1, 0.15) is 22.5 Å². The maximum atomic E-state index is 12.9. The Morgan fingerprint density at radius 3 is 2.33 bits per heavy atom. The highest BCUT2D eigenvalue weighted by molar-refractivity contribution is 9.10. The molecule has 1 heterocycles. The number of hydrogen-bond acceptors (Lipinski definition) is 5. The van der Waals surface area contributed by atoms with Gasteiger partial charge in [-0.1, -0.05) is 15.9 Å². The average molecular weight is 467 g/mol. The molecule has 0 unspecified atom stereocenters. The Labute approximate surface area is 181 Å². The van der Waals surface area contributed by atoms with E-state index >= 15 is 0 Å². The van der Waals surface area contributed by atoms with Crippen LogP contribution in [0.15, 0.2) is 59.1 Å². The first-order valence-electron chi connectivity index (χ1n) is 9.15. The van der Waals surface area contributed by atoms with Gasteiger partial charge in [-0.25, -0.2) is 0 Å². The number of aromatic nitrogens is 3. The number of anilines is 1. The molecule has 4 aromatic rings. The van der Waals surface area contributed by atoms with Crippen LogP contribution in [-0.4, -0.2) is 35.1 Å². The standard InChI is InChI=1S/C22H19BrN4O3/c1-13-10-19-20(26-27(25-19)15-5-7-16(29-2)8-6-15)12-18(13)24-22(28)17-11-14(23)4-9-21(17)30-3/h4-12H,1-3H3,(H,24,28). The van der Waals surface area contributed by atoms with Crippen LogP contribution in [0.1, 0.15) is 15.9 Å². The zero-order chi connectivity index (χ0) is 21.3. The molecule has 30 heavy (non-hydrogen) atoms. The molecule has 3 aromatic carbocycles. The molecule has 0 radical (unpaired) electrons. The van der Waals surface area contributed by atoms with Crippen LogP contribution < -0.4 is 14.8 Å². The summed E-state index contributed by atoms with van der Waals surface area (Å²) in [4.78, 5) is 14.4. The van der Waals surface area contributed by atoms with Crippen molar-refractivity contribution in [1.29, 1.82) is 0 Å². The molecule has 152 valence electrons. The van der Waals surface area contributed by atoms with Crippen LogP contribution in [0.2, 0.25) is 0 Å². The Hall–Kier alpha value is -3.39. The predicted octanol–water partition coefficient (Wildman–Crippen LogP) is 4.76. The number of hydrogen-bond donors (Lipinski definition) is 1. The molecular weight excluding hydrogens is 448 g/mol. The minimum Gasteiger partial charge on any atom is -0.497 e. The zero-order valence-electron chi connectivity index (χ0n) is 16.6. The van der Waals surface area contributed by atoms with E-state index in [1.807, 2.05) is 49.4 Å². The van der Waals surface area contributed by atoms with Crippen LogP contribution in [-0.2, 0) is 0 Å². The van der Waals surface area contributed by atoms with Crippen LogP contribution in [0.25, 0.3) is 16.7 Å². The van der Waals surface area contributed by atoms with Crippen LogP contribution in [0.5, 0.6) is 11.5 Å². The Bertz CT molecular complexity index is 1240. The van der Waals surface area contributed by atoms with Gasteiger partial charge in [-0.05, 0) is 67.1 Å². The molecule has 4 rings (SSSR count). The number of aryl methyl sites for hydroxylation is 1. The van der Waals surface area contributed by atoms with E-state index in [9.17, 15) is 4.79 Å². The fraction of sp³-hybridized carbons (Fsp3) is 0.136. The van der Waals surface area contributed by atoms with Crippen LogP contribution in [0, 0.1) is 6.92 Å². The summed E-state index contributed by atoms with van der Waals surface area (Å²) >= 11 is 3.40. The summed E-state index contributed by atoms with van der Waals surface area (Å²) < 4.78 is 11.3. The quantitative estimate of drug-likeness (QED) is 0.458. The summed E-state index contributed by atoms with van der Waals surface area (Å²) in [5, 5.41) is 12.0. The van der Waals surface area contributed by atoms with Gasteiger partial charge in [-0.3, -0.25) is 4.79 Å². The van der Waals surface area contributed by atoms with Crippen LogP contribution in [0.4, 0.5) is 5.69 Å². The molecule has 0 saturated heterocycles. The Morgan fingerprint density at radius 2 is 1.67 bits per heavy atom. The van der Waals surface area contributed by atoms with Crippen LogP contribution >= 0.6 is 15.9 Å². The maximum absolute atomic E-state index is 12.9. The van der Waals surface area contributed by atoms with Crippen molar-refractivity contribution in [2.24, 2.45) is 0 Å². The minimum atomic E-state index is -0.266. The van der Waals surface area contributed by atoms with Gasteiger partial charge in [-0.15, -0.1) is 10.2 Å². The number of rotatable bonds is 5. The lowest BCUT2D eigenvalue weighted by molar-refractivity contribution is 0.102. The Balaban J connectivity index is 1.66. The summed E-state index contributed by atoms with van der Waals surface area (Å²) in [6, 6.07) is 16.5. The number of ether oxygens (including phenoxy) is 2. The molecule has 7 nitrogen and oxygen atoms in total. The van der Waals surface area contributed by atoms with Crippen molar-refractivity contribution in [3.8, 4) is 17.2 Å². The predicted molar refractivity (Wildman–Crippen MR) is 119 cm³/mol. The van der Waals surface area contributed by atoms with Crippen molar-refractivity contribution < 1.29 is 14.3 Å². The van der Waals surface area contributed by atoms with E-state index in [-0.39, 0.29) is 5.91 Å². The Kier molecular flexibility index (Phi) is 5.41. The number of carbonyl (C=O) groups excluding carboxylic acids is 1. The van der Waals surface area contributed by atoms with E-state index in [2.05, 4.69) is 31.4 Å². The average Bonchev–Trinajstić information content (AvgIpc) is 3.16. The number of carbonyl (C=O) groups is 1. The lowest BCUT2D eigenvalue weighted by Gasteiger charge is -2.11. The number of halogens is 1. The van der Waals surface area contributed by atoms with Gasteiger partial charge in [0, 0.05) is 10.2 Å². The van der Waals surface area contributed by atoms with Crippen molar-refractivity contribution in [2.45, 2.75) is 6.92 Å². The zero-order valence-corrected chi connectivity index (χ0v) is 18.2. The minimum absolute atomic E-state index is 0.266. The van der Waals surface area contributed by atoms with E-state index in [1.165, 1.54) is 7.11 Å². The smallest absolute Gasteiger partial charge is 0.259 e. The number of benzene rings is 3. The summed E-state index contributed by atoms with van der Waals surface area (Å²) in [5.41, 5.74) is 4.21. The molecule has 0 saturated carbocycles. The first kappa shape index (κ1) is 19.9. The molecule has 1 N–H and O–H groups in total. The lowest BCUT2D eigenvalue weighted by atomic mass is 10.1. The van der Waals surface area contributed by atoms with Gasteiger partial charge >= 0.3 is 0 Å². The highest BCUT2D eigenvalue weighted by atomic mass is 79.9. The third kappa shape index (κ3) is 3.86. The highest BCUT2D eigenvalue weighted by Gasteiger charge is 2.16. The normalized spacial score (nSPS) is 10.8. The van der Waals surface area contributed by atoms with Crippen molar-refractivity contribution >= 4 is 38.6 Å². The van der Waals surface area contributed by atoms with Gasteiger partial charge in [-0.2, -0.15) is 4.80 Å². The summed E-state index contributed by atoms with van der Waals surface area (Å²) in [6.45, 7) is 1.92. The monoisotopic (exact) mass is 466 g/mol. The number of fused-ring (bicyclic) bond motifs is 1. The molecule has 0 aliphatic rings. The second-order valence-electron chi connectivity index (χ2n) is 6.64. The van der Waals surface area contributed by atoms with Crippen LogP contribution in [0.3, 0.4) is 0 Å². The van der Waals surface area contributed by atoms with Crippen molar-refractivity contribution in [3.63, 3.8) is 0 Å². The summed E-state index contributed by atoms with van der Waals surface area (Å²) in [7, 11) is 3.16. The molecule has 8 heteroatoms. The second kappa shape index (κ2) is 8.16. The third-order valence-electron chi connectivity index (χ3n) is 4.68. The fourth-order valence-electron chi connectivity index (χ4n) is 3.08. The van der Waals surface area contributed by atoms with Crippen molar-refractivity contribution in [1.82, 2.24) is 15.0 Å². The topological polar surface area (TPSA) is 78.3 Å². The summed E-state index contributed by atoms with van der Waals surface area (Å²) in [6.07, 6.45) is 0. The molecule has 1 aromatic heterocycles. The number of nitrogens with zero attached hydrogens (tertiary/aromatic N) is 3. The molecule has 0 aliphatic heterocycles. The van der Waals surface area contributed by atoms with E-state index in [1.54, 1.807) is 24.0 Å². The first-order valence-corrected chi connectivity index (χ1v) is 9.95. The molecular formula is C22H19BrN4O3. The largest absolute Gasteiger partial charge is 0.497 e. The maximum Gasteiger partial charge on any atom is 0.259 e. The molecule has 0 spiro atoms. The van der Waals surface area contributed by atoms with Gasteiger partial charge in [0.05, 0.1) is 25.5 Å². The van der Waals surface area contributed by atoms with Gasteiger partial charge < -0.3 is 14.8 Å². The molecule has 0 fully saturated rings.